The number of carbonyl (C=O) groups is 1. The van der Waals surface area contributed by atoms with E-state index in [-0.39, 0.29) is 16.9 Å². The molecule has 1 fully saturated rings. The molecule has 1 aromatic rings. The number of nitrogens with zero attached hydrogens (tertiary/aromatic N) is 2. The smallest absolute Gasteiger partial charge is 0.219 e. The summed E-state index contributed by atoms with van der Waals surface area (Å²) >= 11 is 0. The van der Waals surface area contributed by atoms with Crippen LogP contribution >= 0.6 is 0 Å². The number of benzene rings is 1. The highest BCUT2D eigenvalue weighted by Gasteiger charge is 2.26. The zero-order valence-electron chi connectivity index (χ0n) is 14.5. The minimum Gasteiger partial charge on any atom is -0.412 e. The number of aliphatic hydroxyl groups is 1. The van der Waals surface area contributed by atoms with Gasteiger partial charge in [0.15, 0.2) is 0 Å². The number of piperazine rings is 1. The number of carbonyl (C=O) groups excluding carboxylic acids is 1. The maximum absolute atomic E-state index is 11.1. The topological polar surface area (TPSA) is 75.3 Å². The van der Waals surface area contributed by atoms with Crippen molar-refractivity contribution in [2.75, 3.05) is 33.3 Å². The van der Waals surface area contributed by atoms with Crippen LogP contribution in [0.1, 0.15) is 27.7 Å². The quantitative estimate of drug-likeness (QED) is 0.787. The summed E-state index contributed by atoms with van der Waals surface area (Å²) in [6.07, 6.45) is 0. The molecule has 1 aliphatic heterocycles. The highest BCUT2D eigenvalue weighted by atomic mass is 16.2. The minimum absolute atomic E-state index is 0. The first kappa shape index (κ1) is 22.8. The van der Waals surface area contributed by atoms with Gasteiger partial charge in [-0.15, -0.1) is 0 Å². The number of hydrogen-bond donors (Lipinski definition) is 1. The molecule has 0 bridgehead atoms. The van der Waals surface area contributed by atoms with Crippen LogP contribution < -0.4 is 0 Å². The Morgan fingerprint density at radius 2 is 1.18 bits per heavy atom. The fraction of sp³-hybridized carbons (Fsp3) is 0.588. The average Bonchev–Trinajstić information content (AvgIpc) is 2.51. The Morgan fingerprint density at radius 3 is 1.41 bits per heavy atom. The van der Waals surface area contributed by atoms with Gasteiger partial charge in [-0.3, -0.25) is 9.69 Å². The normalized spacial score (nSPS) is 14.5. The molecule has 22 heavy (non-hydrogen) atoms. The summed E-state index contributed by atoms with van der Waals surface area (Å²) in [5, 5.41) is 7.00. The van der Waals surface area contributed by atoms with Crippen LogP contribution in [0.5, 0.6) is 0 Å². The SMILES string of the molecule is CC(=O)N1CCN(C(C)(C)C)CC1.CO.O.c1ccccc1. The summed E-state index contributed by atoms with van der Waals surface area (Å²) in [5.74, 6) is 0.202. The van der Waals surface area contributed by atoms with Gasteiger partial charge in [-0.05, 0) is 20.8 Å². The highest BCUT2D eigenvalue weighted by Crippen LogP contribution is 2.15. The molecule has 3 N–H and O–H groups in total. The Bertz CT molecular complexity index is 343. The van der Waals surface area contributed by atoms with Crippen LogP contribution in [-0.2, 0) is 4.79 Å². The van der Waals surface area contributed by atoms with Crippen molar-refractivity contribution in [1.82, 2.24) is 9.80 Å². The zero-order valence-corrected chi connectivity index (χ0v) is 14.5. The van der Waals surface area contributed by atoms with Crippen LogP contribution in [0.2, 0.25) is 0 Å². The summed E-state index contributed by atoms with van der Waals surface area (Å²) in [6, 6.07) is 12.0. The van der Waals surface area contributed by atoms with Gasteiger partial charge in [0.2, 0.25) is 5.91 Å². The molecule has 0 saturated carbocycles. The summed E-state index contributed by atoms with van der Waals surface area (Å²) in [7, 11) is 1.00. The second-order valence-electron chi connectivity index (χ2n) is 5.82. The van der Waals surface area contributed by atoms with Gasteiger partial charge in [-0.1, -0.05) is 36.4 Å². The molecule has 0 aliphatic carbocycles. The molecule has 5 nitrogen and oxygen atoms in total. The lowest BCUT2D eigenvalue weighted by Gasteiger charge is -2.42. The van der Waals surface area contributed by atoms with E-state index >= 15 is 0 Å². The van der Waals surface area contributed by atoms with Crippen LogP contribution in [-0.4, -0.2) is 65.1 Å². The Labute approximate surface area is 134 Å². The maximum Gasteiger partial charge on any atom is 0.219 e. The number of rotatable bonds is 0. The lowest BCUT2D eigenvalue weighted by atomic mass is 10.1. The molecule has 0 radical (unpaired) electrons. The molecule has 1 heterocycles. The molecule has 2 rings (SSSR count). The molecule has 1 aromatic carbocycles. The van der Waals surface area contributed by atoms with Crippen molar-refractivity contribution < 1.29 is 15.4 Å². The minimum atomic E-state index is 0. The lowest BCUT2D eigenvalue weighted by Crippen LogP contribution is -2.54. The first-order chi connectivity index (χ1) is 9.91. The summed E-state index contributed by atoms with van der Waals surface area (Å²) in [5.41, 5.74) is 0.239. The van der Waals surface area contributed by atoms with Gasteiger partial charge in [-0.2, -0.15) is 0 Å². The molecular formula is C17H32N2O3. The van der Waals surface area contributed by atoms with E-state index in [2.05, 4.69) is 25.7 Å². The monoisotopic (exact) mass is 312 g/mol. The van der Waals surface area contributed by atoms with Crippen molar-refractivity contribution in [3.63, 3.8) is 0 Å². The summed E-state index contributed by atoms with van der Waals surface area (Å²) < 4.78 is 0. The van der Waals surface area contributed by atoms with Crippen molar-refractivity contribution in [2.24, 2.45) is 0 Å². The maximum atomic E-state index is 11.1. The Morgan fingerprint density at radius 1 is 0.864 bits per heavy atom. The molecule has 1 amide bonds. The molecule has 1 saturated heterocycles. The van der Waals surface area contributed by atoms with E-state index < -0.39 is 0 Å². The van der Waals surface area contributed by atoms with E-state index in [1.54, 1.807) is 6.92 Å². The predicted octanol–water partition coefficient (Wildman–Crippen LogP) is 1.42. The van der Waals surface area contributed by atoms with Crippen LogP contribution in [0, 0.1) is 0 Å². The zero-order chi connectivity index (χ0) is 16.3. The van der Waals surface area contributed by atoms with Gasteiger partial charge in [-0.25, -0.2) is 0 Å². The average molecular weight is 312 g/mol. The van der Waals surface area contributed by atoms with Gasteiger partial charge >= 0.3 is 0 Å². The fourth-order valence-electron chi connectivity index (χ4n) is 2.08. The van der Waals surface area contributed by atoms with Gasteiger partial charge in [0, 0.05) is 45.8 Å². The summed E-state index contributed by atoms with van der Waals surface area (Å²) in [4.78, 5) is 15.4. The predicted molar refractivity (Wildman–Crippen MR) is 91.8 cm³/mol. The van der Waals surface area contributed by atoms with Gasteiger partial charge in [0.05, 0.1) is 0 Å². The van der Waals surface area contributed by atoms with Gasteiger partial charge in [0.1, 0.15) is 0 Å². The molecular weight excluding hydrogens is 280 g/mol. The lowest BCUT2D eigenvalue weighted by molar-refractivity contribution is -0.131. The van der Waals surface area contributed by atoms with Crippen LogP contribution in [0.4, 0.5) is 0 Å². The fourth-order valence-corrected chi connectivity index (χ4v) is 2.08. The number of amides is 1. The van der Waals surface area contributed by atoms with Gasteiger partial charge < -0.3 is 15.5 Å². The highest BCUT2D eigenvalue weighted by molar-refractivity contribution is 5.73. The van der Waals surface area contributed by atoms with Crippen LogP contribution in [0.15, 0.2) is 36.4 Å². The van der Waals surface area contributed by atoms with Crippen molar-refractivity contribution in [2.45, 2.75) is 33.2 Å². The van der Waals surface area contributed by atoms with Crippen molar-refractivity contribution in [1.29, 1.82) is 0 Å². The van der Waals surface area contributed by atoms with Gasteiger partial charge in [0.25, 0.3) is 0 Å². The molecule has 5 heteroatoms. The van der Waals surface area contributed by atoms with E-state index in [1.165, 1.54) is 0 Å². The third kappa shape index (κ3) is 9.50. The van der Waals surface area contributed by atoms with E-state index in [9.17, 15) is 4.79 Å². The van der Waals surface area contributed by atoms with Crippen LogP contribution in [0.25, 0.3) is 0 Å². The van der Waals surface area contributed by atoms with Crippen molar-refractivity contribution in [3.05, 3.63) is 36.4 Å². The Balaban J connectivity index is 0. The van der Waals surface area contributed by atoms with E-state index in [1.807, 2.05) is 41.3 Å². The molecule has 0 aromatic heterocycles. The first-order valence-corrected chi connectivity index (χ1v) is 7.36. The largest absolute Gasteiger partial charge is 0.412 e. The van der Waals surface area contributed by atoms with Crippen LogP contribution in [0.3, 0.4) is 0 Å². The molecule has 0 atom stereocenters. The first-order valence-electron chi connectivity index (χ1n) is 7.36. The molecule has 1 aliphatic rings. The van der Waals surface area contributed by atoms with Crippen molar-refractivity contribution in [3.8, 4) is 0 Å². The third-order valence-electron chi connectivity index (χ3n) is 3.34. The Hall–Kier alpha value is -1.43. The Kier molecular flexibility index (Phi) is 12.6. The van der Waals surface area contributed by atoms with Crippen molar-refractivity contribution >= 4 is 5.91 Å². The molecule has 128 valence electrons. The molecule has 0 spiro atoms. The number of aliphatic hydroxyl groups excluding tert-OH is 1. The van der Waals surface area contributed by atoms with E-state index in [4.69, 9.17) is 5.11 Å². The second kappa shape index (κ2) is 12.1. The summed E-state index contributed by atoms with van der Waals surface area (Å²) in [6.45, 7) is 12.1. The third-order valence-corrected chi connectivity index (χ3v) is 3.34. The number of hydrogen-bond acceptors (Lipinski definition) is 3. The van der Waals surface area contributed by atoms with E-state index in [0.29, 0.717) is 0 Å². The second-order valence-corrected chi connectivity index (χ2v) is 5.82. The standard InChI is InChI=1S/C10H20N2O.C6H6.CH4O.H2O/c1-9(13)11-5-7-12(8-6-11)10(2,3)4;1-2-4-6-5-3-1;1-2;/h5-8H2,1-4H3;1-6H;2H,1H3;1H2. The van der Waals surface area contributed by atoms with E-state index in [0.717, 1.165) is 33.3 Å². The molecule has 0 unspecified atom stereocenters.